The minimum absolute atomic E-state index is 0.222. The van der Waals surface area contributed by atoms with Crippen molar-refractivity contribution in [2.24, 2.45) is 5.92 Å². The summed E-state index contributed by atoms with van der Waals surface area (Å²) in [6.07, 6.45) is -1.38. The molecule has 0 aliphatic carbocycles. The van der Waals surface area contributed by atoms with E-state index in [4.69, 9.17) is 4.74 Å². The summed E-state index contributed by atoms with van der Waals surface area (Å²) in [4.78, 5) is 16.9. The summed E-state index contributed by atoms with van der Waals surface area (Å²) < 4.78 is 20.3. The van der Waals surface area contributed by atoms with Crippen LogP contribution < -0.4 is 5.32 Å². The monoisotopic (exact) mass is 453 g/mol. The number of hydrogen-bond donors (Lipinski definition) is 3. The van der Waals surface area contributed by atoms with Crippen LogP contribution in [0.3, 0.4) is 0 Å². The summed E-state index contributed by atoms with van der Waals surface area (Å²) in [6.45, 7) is 3.54. The highest BCUT2D eigenvalue weighted by atomic mass is 19.1. The number of ether oxygens (including phenoxy) is 1. The Balaban J connectivity index is 1.61. The predicted octanol–water partition coefficient (Wildman–Crippen LogP) is 1.94. The molecule has 3 heterocycles. The van der Waals surface area contributed by atoms with Crippen molar-refractivity contribution in [1.29, 1.82) is 5.26 Å². The fraction of sp³-hybridized carbons (Fsp3) is 0.391. The molecule has 5 atom stereocenters. The van der Waals surface area contributed by atoms with Gasteiger partial charge in [-0.2, -0.15) is 10.4 Å². The van der Waals surface area contributed by atoms with E-state index in [-0.39, 0.29) is 23.2 Å². The van der Waals surface area contributed by atoms with Gasteiger partial charge in [-0.15, -0.1) is 0 Å². The number of halogens is 1. The molecule has 3 N–H and O–H groups in total. The van der Waals surface area contributed by atoms with Crippen molar-refractivity contribution in [3.8, 4) is 6.07 Å². The average molecular weight is 453 g/mol. The summed E-state index contributed by atoms with van der Waals surface area (Å²) in [7, 11) is 0. The molecule has 0 bridgehead atoms. The van der Waals surface area contributed by atoms with Gasteiger partial charge in [0.05, 0.1) is 11.8 Å². The molecule has 172 valence electrons. The zero-order valence-corrected chi connectivity index (χ0v) is 18.1. The van der Waals surface area contributed by atoms with Gasteiger partial charge in [0, 0.05) is 5.92 Å². The highest BCUT2D eigenvalue weighted by Gasteiger charge is 2.56. The largest absolute Gasteiger partial charge is 0.388 e. The van der Waals surface area contributed by atoms with E-state index in [2.05, 4.69) is 15.4 Å². The van der Waals surface area contributed by atoms with E-state index < -0.39 is 29.8 Å². The molecule has 2 aromatic heterocycles. The van der Waals surface area contributed by atoms with E-state index in [0.29, 0.717) is 18.4 Å². The van der Waals surface area contributed by atoms with Gasteiger partial charge >= 0.3 is 0 Å². The first-order chi connectivity index (χ1) is 15.8. The van der Waals surface area contributed by atoms with E-state index >= 15 is 0 Å². The van der Waals surface area contributed by atoms with E-state index in [1.165, 1.54) is 23.0 Å². The number of rotatable bonds is 6. The Hall–Kier alpha value is -3.39. The second kappa shape index (κ2) is 8.86. The number of aliphatic hydroxyl groups is 2. The summed E-state index contributed by atoms with van der Waals surface area (Å²) >= 11 is 0. The minimum atomic E-state index is -1.82. The van der Waals surface area contributed by atoms with Crippen LogP contribution in [0.2, 0.25) is 0 Å². The molecule has 1 aromatic carbocycles. The lowest BCUT2D eigenvalue weighted by Gasteiger charge is -2.24. The van der Waals surface area contributed by atoms with Crippen molar-refractivity contribution in [2.75, 3.05) is 5.32 Å². The van der Waals surface area contributed by atoms with E-state index in [1.807, 2.05) is 6.07 Å². The van der Waals surface area contributed by atoms with Crippen LogP contribution in [0.4, 0.5) is 10.2 Å². The van der Waals surface area contributed by atoms with Crippen molar-refractivity contribution >= 4 is 17.2 Å². The van der Waals surface area contributed by atoms with Crippen LogP contribution in [0.5, 0.6) is 0 Å². The maximum atomic E-state index is 13.1. The summed E-state index contributed by atoms with van der Waals surface area (Å²) in [5, 5.41) is 37.8. The smallest absolute Gasteiger partial charge is 0.228 e. The number of hydrogen-bond acceptors (Lipinski definition) is 7. The van der Waals surface area contributed by atoms with Crippen molar-refractivity contribution in [2.45, 2.75) is 50.6 Å². The quantitative estimate of drug-likeness (QED) is 0.519. The summed E-state index contributed by atoms with van der Waals surface area (Å²) in [5.74, 6) is -0.838. The van der Waals surface area contributed by atoms with E-state index in [1.54, 1.807) is 38.1 Å². The number of amides is 1. The lowest BCUT2D eigenvalue weighted by atomic mass is 9.92. The molecule has 3 aromatic rings. The highest BCUT2D eigenvalue weighted by molar-refractivity contribution is 5.95. The number of fused-ring (bicyclic) bond motifs is 1. The molecule has 1 fully saturated rings. The summed E-state index contributed by atoms with van der Waals surface area (Å²) in [5.41, 5.74) is -0.378. The molecule has 1 aliphatic heterocycles. The molecule has 0 radical (unpaired) electrons. The van der Waals surface area contributed by atoms with Gasteiger partial charge in [0.1, 0.15) is 35.9 Å². The Labute approximate surface area is 189 Å². The number of aromatic nitrogens is 3. The van der Waals surface area contributed by atoms with Crippen molar-refractivity contribution in [3.63, 3.8) is 0 Å². The maximum absolute atomic E-state index is 13.1. The van der Waals surface area contributed by atoms with Gasteiger partial charge < -0.3 is 20.3 Å². The van der Waals surface area contributed by atoms with Gasteiger partial charge in [-0.05, 0) is 42.7 Å². The van der Waals surface area contributed by atoms with Crippen LogP contribution >= 0.6 is 0 Å². The van der Waals surface area contributed by atoms with E-state index in [0.717, 1.165) is 5.56 Å². The standard InChI is InChI=1S/C23H24FN5O4/c1-3-17-19(30)20(31)23(11-25,33-17)18-9-8-16-21(26-12-27-29(16)18)28-22(32)13(2)10-14-4-6-15(24)7-5-14/h4-9,12-13,17,19-20,30-31H,3,10H2,1-2H3,(H,26,27,28,32)/t13-,17+,19+,20+,23-/m0/s1. The van der Waals surface area contributed by atoms with Crippen LogP contribution in [-0.4, -0.2) is 49.0 Å². The molecular formula is C23H24FN5O4. The van der Waals surface area contributed by atoms with Gasteiger partial charge in [0.15, 0.2) is 5.82 Å². The third kappa shape index (κ3) is 3.95. The Morgan fingerprint density at radius 3 is 2.70 bits per heavy atom. The maximum Gasteiger partial charge on any atom is 0.228 e. The third-order valence-corrected chi connectivity index (χ3v) is 6.00. The molecule has 1 aliphatic rings. The van der Waals surface area contributed by atoms with Crippen molar-refractivity contribution in [3.05, 3.63) is 59.8 Å². The second-order valence-electron chi connectivity index (χ2n) is 8.19. The molecule has 9 nitrogen and oxygen atoms in total. The van der Waals surface area contributed by atoms with Crippen LogP contribution in [0.25, 0.3) is 5.52 Å². The number of anilines is 1. The highest BCUT2D eigenvalue weighted by Crippen LogP contribution is 2.41. The minimum Gasteiger partial charge on any atom is -0.388 e. The molecule has 1 amide bonds. The zero-order valence-electron chi connectivity index (χ0n) is 18.1. The topological polar surface area (TPSA) is 133 Å². The Bertz CT molecular complexity index is 1210. The first-order valence-electron chi connectivity index (χ1n) is 10.6. The molecule has 10 heteroatoms. The number of nitriles is 1. The molecule has 0 spiro atoms. The number of carbonyl (C=O) groups is 1. The van der Waals surface area contributed by atoms with Gasteiger partial charge in [-0.25, -0.2) is 13.9 Å². The predicted molar refractivity (Wildman–Crippen MR) is 115 cm³/mol. The second-order valence-corrected chi connectivity index (χ2v) is 8.19. The zero-order chi connectivity index (χ0) is 23.8. The lowest BCUT2D eigenvalue weighted by Crippen LogP contribution is -2.40. The molecule has 1 saturated heterocycles. The average Bonchev–Trinajstić information content (AvgIpc) is 3.36. The molecule has 0 unspecified atom stereocenters. The SMILES string of the molecule is CC[C@H]1O[C@@](C#N)(c2ccc3c(NC(=O)[C@@H](C)Cc4ccc(F)cc4)ncnn23)[C@H](O)[C@@H]1O. The van der Waals surface area contributed by atoms with Gasteiger partial charge in [-0.3, -0.25) is 4.79 Å². The third-order valence-electron chi connectivity index (χ3n) is 6.00. The van der Waals surface area contributed by atoms with E-state index in [9.17, 15) is 24.7 Å². The van der Waals surface area contributed by atoms with Crippen LogP contribution in [0, 0.1) is 23.1 Å². The molecule has 4 rings (SSSR count). The lowest BCUT2D eigenvalue weighted by molar-refractivity contribution is -0.119. The number of carbonyl (C=O) groups excluding carboxylic acids is 1. The van der Waals surface area contributed by atoms with Crippen LogP contribution in [-0.2, 0) is 21.6 Å². The normalized spacial score (nSPS) is 25.6. The summed E-state index contributed by atoms with van der Waals surface area (Å²) in [6, 6.07) is 11.1. The fourth-order valence-corrected chi connectivity index (χ4v) is 4.13. The molecular weight excluding hydrogens is 429 g/mol. The first kappa shape index (κ1) is 22.8. The Morgan fingerprint density at radius 2 is 2.06 bits per heavy atom. The van der Waals surface area contributed by atoms with Gasteiger partial charge in [-0.1, -0.05) is 26.0 Å². The number of nitrogens with zero attached hydrogens (tertiary/aromatic N) is 4. The van der Waals surface area contributed by atoms with Gasteiger partial charge in [0.25, 0.3) is 0 Å². The van der Waals surface area contributed by atoms with Crippen LogP contribution in [0.1, 0.15) is 31.5 Å². The molecule has 0 saturated carbocycles. The number of aliphatic hydroxyl groups excluding tert-OH is 2. The first-order valence-corrected chi connectivity index (χ1v) is 10.6. The number of benzene rings is 1. The number of nitrogens with one attached hydrogen (secondary N) is 1. The molecule has 33 heavy (non-hydrogen) atoms. The Morgan fingerprint density at radius 1 is 1.33 bits per heavy atom. The van der Waals surface area contributed by atoms with Crippen molar-refractivity contribution < 1.29 is 24.1 Å². The van der Waals surface area contributed by atoms with Crippen molar-refractivity contribution in [1.82, 2.24) is 14.6 Å². The van der Waals surface area contributed by atoms with Crippen LogP contribution in [0.15, 0.2) is 42.7 Å². The van der Waals surface area contributed by atoms with Gasteiger partial charge in [0.2, 0.25) is 11.5 Å². The Kier molecular flexibility index (Phi) is 6.12. The fourth-order valence-electron chi connectivity index (χ4n) is 4.13.